The Kier molecular flexibility index (Phi) is 3.72. The summed E-state index contributed by atoms with van der Waals surface area (Å²) in [5.74, 6) is 0. The van der Waals surface area contributed by atoms with Gasteiger partial charge in [0.15, 0.2) is 0 Å². The van der Waals surface area contributed by atoms with Crippen molar-refractivity contribution in [3.8, 4) is 0 Å². The van der Waals surface area contributed by atoms with Crippen molar-refractivity contribution in [1.29, 1.82) is 0 Å². The average Bonchev–Trinajstić information content (AvgIpc) is 3.20. The zero-order valence-corrected chi connectivity index (χ0v) is 13.3. The van der Waals surface area contributed by atoms with E-state index in [1.807, 2.05) is 12.4 Å². The van der Waals surface area contributed by atoms with Crippen LogP contribution in [0.15, 0.2) is 103 Å². The molecule has 0 radical (unpaired) electrons. The molecule has 0 spiro atoms. The number of nitrogens with zero attached hydrogens (tertiary/aromatic N) is 1. The Morgan fingerprint density at radius 1 is 0.542 bits per heavy atom. The molecule has 0 saturated heterocycles. The Bertz CT molecular complexity index is 786. The monoisotopic (exact) mass is 310 g/mol. The fourth-order valence-corrected chi connectivity index (χ4v) is 3.52. The Morgan fingerprint density at radius 3 is 1.29 bits per heavy atom. The van der Waals surface area contributed by atoms with Gasteiger partial charge in [0.05, 0.1) is 11.6 Å². The molecule has 1 heterocycles. The molecule has 0 saturated carbocycles. The van der Waals surface area contributed by atoms with E-state index in [0.717, 1.165) is 5.56 Å². The van der Waals surface area contributed by atoms with Gasteiger partial charge in [0, 0.05) is 11.8 Å². The minimum atomic E-state index is -0.392. The summed E-state index contributed by atoms with van der Waals surface area (Å²) in [6, 6.07) is 31.9. The van der Waals surface area contributed by atoms with E-state index in [1.165, 1.54) is 16.7 Å². The lowest BCUT2D eigenvalue weighted by Crippen LogP contribution is -2.30. The van der Waals surface area contributed by atoms with E-state index in [-0.39, 0.29) is 0 Å². The van der Waals surface area contributed by atoms with E-state index in [4.69, 9.17) is 0 Å². The maximum atomic E-state index is 4.24. The van der Waals surface area contributed by atoms with Crippen LogP contribution in [0.25, 0.3) is 0 Å². The Balaban J connectivity index is 2.12. The van der Waals surface area contributed by atoms with Gasteiger partial charge in [-0.15, -0.1) is 0 Å². The molecule has 0 aliphatic carbocycles. The number of aromatic nitrogens is 2. The maximum Gasteiger partial charge on any atom is 0.0732 e. The number of aromatic amines is 1. The van der Waals surface area contributed by atoms with Gasteiger partial charge < -0.3 is 0 Å². The van der Waals surface area contributed by atoms with Gasteiger partial charge in [-0.1, -0.05) is 91.0 Å². The summed E-state index contributed by atoms with van der Waals surface area (Å²) >= 11 is 0. The molecule has 2 nitrogen and oxygen atoms in total. The van der Waals surface area contributed by atoms with Crippen molar-refractivity contribution in [2.75, 3.05) is 0 Å². The molecule has 2 heteroatoms. The molecule has 116 valence electrons. The number of nitrogens with one attached hydrogen (secondary N) is 1. The van der Waals surface area contributed by atoms with E-state index in [9.17, 15) is 0 Å². The van der Waals surface area contributed by atoms with E-state index in [2.05, 4.69) is 101 Å². The van der Waals surface area contributed by atoms with Crippen molar-refractivity contribution in [3.05, 3.63) is 126 Å². The minimum Gasteiger partial charge on any atom is -0.285 e. The third kappa shape index (κ3) is 2.24. The second-order valence-corrected chi connectivity index (χ2v) is 5.84. The lowest BCUT2D eigenvalue weighted by Gasteiger charge is -2.35. The fourth-order valence-electron chi connectivity index (χ4n) is 3.52. The summed E-state index contributed by atoms with van der Waals surface area (Å²) in [4.78, 5) is 0. The van der Waals surface area contributed by atoms with Crippen LogP contribution in [0.1, 0.15) is 22.3 Å². The summed E-state index contributed by atoms with van der Waals surface area (Å²) < 4.78 is 0. The number of hydrogen-bond acceptors (Lipinski definition) is 1. The molecule has 0 atom stereocenters. The molecule has 0 fully saturated rings. The number of benzene rings is 3. The Labute approximate surface area is 141 Å². The Hall–Kier alpha value is -3.13. The quantitative estimate of drug-likeness (QED) is 0.539. The lowest BCUT2D eigenvalue weighted by atomic mass is 9.66. The van der Waals surface area contributed by atoms with E-state index >= 15 is 0 Å². The van der Waals surface area contributed by atoms with Crippen molar-refractivity contribution in [1.82, 2.24) is 10.2 Å². The molecule has 0 aliphatic heterocycles. The molecule has 0 unspecified atom stereocenters. The topological polar surface area (TPSA) is 28.7 Å². The van der Waals surface area contributed by atoms with E-state index < -0.39 is 5.41 Å². The van der Waals surface area contributed by atoms with Crippen LogP contribution in [-0.4, -0.2) is 10.2 Å². The van der Waals surface area contributed by atoms with Gasteiger partial charge in [0.2, 0.25) is 0 Å². The maximum absolute atomic E-state index is 4.24. The first-order valence-electron chi connectivity index (χ1n) is 8.08. The minimum absolute atomic E-state index is 0.392. The van der Waals surface area contributed by atoms with Crippen LogP contribution in [0, 0.1) is 0 Å². The zero-order chi connectivity index (χ0) is 16.2. The predicted octanol–water partition coefficient (Wildman–Crippen LogP) is 4.79. The molecule has 3 aromatic carbocycles. The van der Waals surface area contributed by atoms with Crippen LogP contribution in [0.3, 0.4) is 0 Å². The standard InChI is InChI=1S/C22H18N2/c1-4-10-18(11-5-1)22(21-16-23-24-17-21,19-12-6-2-7-13-19)20-14-8-3-9-15-20/h1-17H,(H,23,24). The molecule has 24 heavy (non-hydrogen) atoms. The van der Waals surface area contributed by atoms with Gasteiger partial charge in [-0.25, -0.2) is 0 Å². The van der Waals surface area contributed by atoms with Crippen LogP contribution in [0.4, 0.5) is 0 Å². The summed E-state index contributed by atoms with van der Waals surface area (Å²) in [5.41, 5.74) is 4.42. The molecule has 1 aromatic heterocycles. The molecule has 0 bridgehead atoms. The highest BCUT2D eigenvalue weighted by molar-refractivity contribution is 5.58. The highest BCUT2D eigenvalue weighted by Gasteiger charge is 2.38. The molecule has 0 amide bonds. The fraction of sp³-hybridized carbons (Fsp3) is 0.0455. The summed E-state index contributed by atoms with van der Waals surface area (Å²) in [6.45, 7) is 0. The lowest BCUT2D eigenvalue weighted by molar-refractivity contribution is 0.746. The first kappa shape index (κ1) is 14.5. The van der Waals surface area contributed by atoms with Crippen molar-refractivity contribution < 1.29 is 0 Å². The third-order valence-corrected chi connectivity index (χ3v) is 4.55. The summed E-state index contributed by atoms with van der Waals surface area (Å²) in [6.07, 6.45) is 3.92. The smallest absolute Gasteiger partial charge is 0.0732 e. The van der Waals surface area contributed by atoms with Crippen LogP contribution in [0.5, 0.6) is 0 Å². The first-order chi connectivity index (χ1) is 11.9. The van der Waals surface area contributed by atoms with E-state index in [0.29, 0.717) is 0 Å². The highest BCUT2D eigenvalue weighted by atomic mass is 15.1. The molecule has 1 N–H and O–H groups in total. The zero-order valence-electron chi connectivity index (χ0n) is 13.3. The highest BCUT2D eigenvalue weighted by Crippen LogP contribution is 2.44. The largest absolute Gasteiger partial charge is 0.285 e. The van der Waals surface area contributed by atoms with Crippen LogP contribution >= 0.6 is 0 Å². The summed E-state index contributed by atoms with van der Waals surface area (Å²) in [5, 5.41) is 7.23. The van der Waals surface area contributed by atoms with Gasteiger partial charge in [-0.05, 0) is 16.7 Å². The van der Waals surface area contributed by atoms with E-state index in [1.54, 1.807) is 0 Å². The molecule has 4 rings (SSSR count). The third-order valence-electron chi connectivity index (χ3n) is 4.55. The van der Waals surface area contributed by atoms with Gasteiger partial charge >= 0.3 is 0 Å². The molecular weight excluding hydrogens is 292 g/mol. The molecule has 4 aromatic rings. The average molecular weight is 310 g/mol. The summed E-state index contributed by atoms with van der Waals surface area (Å²) in [7, 11) is 0. The van der Waals surface area contributed by atoms with Gasteiger partial charge in [-0.3, -0.25) is 5.10 Å². The predicted molar refractivity (Wildman–Crippen MR) is 96.9 cm³/mol. The Morgan fingerprint density at radius 2 is 0.958 bits per heavy atom. The number of hydrogen-bond donors (Lipinski definition) is 1. The number of rotatable bonds is 4. The molecular formula is C22H18N2. The van der Waals surface area contributed by atoms with Crippen molar-refractivity contribution in [2.45, 2.75) is 5.41 Å². The second-order valence-electron chi connectivity index (χ2n) is 5.84. The van der Waals surface area contributed by atoms with Crippen molar-refractivity contribution >= 4 is 0 Å². The van der Waals surface area contributed by atoms with Crippen LogP contribution in [0.2, 0.25) is 0 Å². The second kappa shape index (κ2) is 6.17. The van der Waals surface area contributed by atoms with Gasteiger partial charge in [0.1, 0.15) is 0 Å². The van der Waals surface area contributed by atoms with Gasteiger partial charge in [0.25, 0.3) is 0 Å². The van der Waals surface area contributed by atoms with Crippen molar-refractivity contribution in [3.63, 3.8) is 0 Å². The van der Waals surface area contributed by atoms with Crippen LogP contribution < -0.4 is 0 Å². The molecule has 0 aliphatic rings. The van der Waals surface area contributed by atoms with Crippen LogP contribution in [-0.2, 0) is 5.41 Å². The SMILES string of the molecule is c1ccc(C(c2ccccc2)(c2ccccc2)c2cn[nH]c2)cc1. The normalized spacial score (nSPS) is 11.3. The van der Waals surface area contributed by atoms with Gasteiger partial charge in [-0.2, -0.15) is 5.10 Å². The van der Waals surface area contributed by atoms with Crippen molar-refractivity contribution in [2.24, 2.45) is 0 Å². The number of H-pyrrole nitrogens is 1. The first-order valence-corrected chi connectivity index (χ1v) is 8.08.